The van der Waals surface area contributed by atoms with Crippen molar-refractivity contribution >= 4 is 28.0 Å². The van der Waals surface area contributed by atoms with Gasteiger partial charge in [0, 0.05) is 34.5 Å². The van der Waals surface area contributed by atoms with Crippen LogP contribution in [-0.2, 0) is 0 Å². The van der Waals surface area contributed by atoms with Crippen molar-refractivity contribution in [3.05, 3.63) is 107 Å². The van der Waals surface area contributed by atoms with Gasteiger partial charge in [-0.05, 0) is 30.5 Å². The fraction of sp³-hybridized carbons (Fsp3) is 0.0417. The first kappa shape index (κ1) is 16.4. The highest BCUT2D eigenvalue weighted by Gasteiger charge is 2.19. The average molecular weight is 362 g/mol. The van der Waals surface area contributed by atoms with Crippen LogP contribution in [0.25, 0.3) is 10.8 Å². The molecule has 0 aliphatic carbocycles. The number of aliphatic imine (C=N–C) groups is 1. The van der Waals surface area contributed by atoms with Gasteiger partial charge in [-0.15, -0.1) is 0 Å². The van der Waals surface area contributed by atoms with Gasteiger partial charge in [0.2, 0.25) is 0 Å². The third kappa shape index (κ3) is 2.85. The van der Waals surface area contributed by atoms with Gasteiger partial charge < -0.3 is 0 Å². The van der Waals surface area contributed by atoms with Crippen LogP contribution in [0, 0.1) is 6.92 Å². The van der Waals surface area contributed by atoms with Gasteiger partial charge in [-0.25, -0.2) is 4.99 Å². The van der Waals surface area contributed by atoms with E-state index in [1.165, 1.54) is 5.56 Å². The third-order valence-corrected chi connectivity index (χ3v) is 4.91. The molecular formula is C24H18N4. The van der Waals surface area contributed by atoms with Crippen molar-refractivity contribution in [1.29, 1.82) is 0 Å². The molecule has 3 aromatic carbocycles. The number of hydrogen-bond donors (Lipinski definition) is 1. The maximum atomic E-state index is 5.01. The number of aryl methyl sites for hydroxylation is 1. The Morgan fingerprint density at radius 3 is 2.46 bits per heavy atom. The van der Waals surface area contributed by atoms with Crippen LogP contribution in [0.2, 0.25) is 0 Å². The lowest BCUT2D eigenvalue weighted by atomic mass is 9.97. The first-order valence-electron chi connectivity index (χ1n) is 9.21. The minimum atomic E-state index is 0.733. The normalized spacial score (nSPS) is 13.2. The van der Waals surface area contributed by atoms with Crippen molar-refractivity contribution in [2.45, 2.75) is 6.92 Å². The molecule has 134 valence electrons. The number of fused-ring (bicyclic) bond motifs is 3. The van der Waals surface area contributed by atoms with Crippen LogP contribution in [0.3, 0.4) is 0 Å². The molecular weight excluding hydrogens is 344 g/mol. The Balaban J connectivity index is 1.77. The Kier molecular flexibility index (Phi) is 3.95. The molecule has 0 amide bonds. The van der Waals surface area contributed by atoms with E-state index in [0.29, 0.717) is 0 Å². The van der Waals surface area contributed by atoms with Gasteiger partial charge in [0.05, 0.1) is 5.69 Å². The molecule has 0 fully saturated rings. The minimum Gasteiger partial charge on any atom is -0.264 e. The van der Waals surface area contributed by atoms with Gasteiger partial charge >= 0.3 is 0 Å². The molecule has 0 saturated heterocycles. The van der Waals surface area contributed by atoms with E-state index in [4.69, 9.17) is 10.1 Å². The lowest BCUT2D eigenvalue weighted by Gasteiger charge is -2.10. The number of rotatable bonds is 2. The molecule has 28 heavy (non-hydrogen) atoms. The zero-order chi connectivity index (χ0) is 18.9. The van der Waals surface area contributed by atoms with Gasteiger partial charge in [-0.2, -0.15) is 5.10 Å². The summed E-state index contributed by atoms with van der Waals surface area (Å²) >= 11 is 0. The number of benzene rings is 3. The van der Waals surface area contributed by atoms with Crippen LogP contribution in [-0.4, -0.2) is 16.5 Å². The van der Waals surface area contributed by atoms with Gasteiger partial charge in [0.15, 0.2) is 5.84 Å². The van der Waals surface area contributed by atoms with Crippen molar-refractivity contribution in [3.63, 3.8) is 0 Å². The summed E-state index contributed by atoms with van der Waals surface area (Å²) < 4.78 is 0. The molecule has 1 aliphatic rings. The second-order valence-corrected chi connectivity index (χ2v) is 6.82. The lowest BCUT2D eigenvalue weighted by molar-refractivity contribution is 1.03. The summed E-state index contributed by atoms with van der Waals surface area (Å²) in [5.74, 6) is 0.733. The van der Waals surface area contributed by atoms with Crippen LogP contribution in [0.4, 0.5) is 5.69 Å². The number of pyridine rings is 1. The van der Waals surface area contributed by atoms with Crippen LogP contribution in [0.5, 0.6) is 0 Å². The molecule has 1 aromatic heterocycles. The minimum absolute atomic E-state index is 0.733. The SMILES string of the molecule is Cc1ccc(C2=Nc3c(ccc4ccccc34)C(c3cccnc3)=NN2)cc1. The van der Waals surface area contributed by atoms with E-state index in [9.17, 15) is 0 Å². The Bertz CT molecular complexity index is 1220. The van der Waals surface area contributed by atoms with Crippen molar-refractivity contribution in [2.24, 2.45) is 10.1 Å². The molecule has 0 bridgehead atoms. The third-order valence-electron chi connectivity index (χ3n) is 4.91. The maximum absolute atomic E-state index is 5.01. The maximum Gasteiger partial charge on any atom is 0.154 e. The standard InChI is InChI=1S/C24H18N4/c1-16-8-10-18(11-9-16)24-26-23-20-7-3-2-5-17(20)12-13-21(23)22(27-28-24)19-6-4-14-25-15-19/h2-15H,1H3,(H,26,28). The molecule has 1 aliphatic heterocycles. The van der Waals surface area contributed by atoms with E-state index in [1.54, 1.807) is 6.20 Å². The number of aromatic nitrogens is 1. The van der Waals surface area contributed by atoms with Crippen LogP contribution >= 0.6 is 0 Å². The molecule has 4 nitrogen and oxygen atoms in total. The fourth-order valence-electron chi connectivity index (χ4n) is 3.44. The number of nitrogens with one attached hydrogen (secondary N) is 1. The molecule has 5 rings (SSSR count). The lowest BCUT2D eigenvalue weighted by Crippen LogP contribution is -2.19. The van der Waals surface area contributed by atoms with E-state index in [-0.39, 0.29) is 0 Å². The summed E-state index contributed by atoms with van der Waals surface area (Å²) in [5.41, 5.74) is 9.09. The van der Waals surface area contributed by atoms with Crippen molar-refractivity contribution < 1.29 is 0 Å². The number of amidine groups is 1. The summed E-state index contributed by atoms with van der Waals surface area (Å²) in [5, 5.41) is 6.97. The first-order chi connectivity index (χ1) is 13.8. The molecule has 0 radical (unpaired) electrons. The molecule has 0 atom stereocenters. The van der Waals surface area contributed by atoms with Gasteiger partial charge in [-0.1, -0.05) is 60.2 Å². The molecule has 2 heterocycles. The molecule has 0 spiro atoms. The van der Waals surface area contributed by atoms with Crippen LogP contribution in [0.15, 0.2) is 95.3 Å². The Morgan fingerprint density at radius 2 is 1.64 bits per heavy atom. The molecule has 0 unspecified atom stereocenters. The summed E-state index contributed by atoms with van der Waals surface area (Å²) in [6, 6.07) is 24.8. The summed E-state index contributed by atoms with van der Waals surface area (Å²) in [7, 11) is 0. The predicted molar refractivity (Wildman–Crippen MR) is 114 cm³/mol. The summed E-state index contributed by atoms with van der Waals surface area (Å²) in [6.45, 7) is 2.08. The van der Waals surface area contributed by atoms with Crippen molar-refractivity contribution in [1.82, 2.24) is 10.4 Å². The highest BCUT2D eigenvalue weighted by Crippen LogP contribution is 2.33. The summed E-state index contributed by atoms with van der Waals surface area (Å²) in [4.78, 5) is 9.28. The van der Waals surface area contributed by atoms with E-state index in [1.807, 2.05) is 30.5 Å². The van der Waals surface area contributed by atoms with Gasteiger partial charge in [0.25, 0.3) is 0 Å². The second-order valence-electron chi connectivity index (χ2n) is 6.82. The number of hydrazone groups is 1. The fourth-order valence-corrected chi connectivity index (χ4v) is 3.44. The molecule has 0 saturated carbocycles. The Labute approximate surface area is 163 Å². The van der Waals surface area contributed by atoms with E-state index < -0.39 is 0 Å². The molecule has 1 N–H and O–H groups in total. The van der Waals surface area contributed by atoms with Gasteiger partial charge in [0.1, 0.15) is 5.71 Å². The van der Waals surface area contributed by atoms with E-state index in [2.05, 4.69) is 65.9 Å². The molecule has 4 heteroatoms. The Hall–Kier alpha value is -3.79. The van der Waals surface area contributed by atoms with E-state index in [0.717, 1.165) is 44.7 Å². The zero-order valence-corrected chi connectivity index (χ0v) is 15.4. The predicted octanol–water partition coefficient (Wildman–Crippen LogP) is 4.98. The highest BCUT2D eigenvalue weighted by atomic mass is 15.3. The Morgan fingerprint density at radius 1 is 0.786 bits per heavy atom. The smallest absolute Gasteiger partial charge is 0.154 e. The van der Waals surface area contributed by atoms with Crippen molar-refractivity contribution in [3.8, 4) is 0 Å². The zero-order valence-electron chi connectivity index (χ0n) is 15.4. The van der Waals surface area contributed by atoms with Gasteiger partial charge in [-0.3, -0.25) is 10.4 Å². The van der Waals surface area contributed by atoms with E-state index >= 15 is 0 Å². The quantitative estimate of drug-likeness (QED) is 0.547. The topological polar surface area (TPSA) is 49.6 Å². The van der Waals surface area contributed by atoms with Crippen LogP contribution < -0.4 is 5.43 Å². The molecule has 4 aromatic rings. The summed E-state index contributed by atoms with van der Waals surface area (Å²) in [6.07, 6.45) is 3.60. The highest BCUT2D eigenvalue weighted by molar-refractivity contribution is 6.21. The second kappa shape index (κ2) is 6.74. The average Bonchev–Trinajstić information content (AvgIpc) is 2.95. The van der Waals surface area contributed by atoms with Crippen LogP contribution in [0.1, 0.15) is 22.3 Å². The first-order valence-corrected chi connectivity index (χ1v) is 9.21. The number of nitrogens with zero attached hydrogens (tertiary/aromatic N) is 3. The van der Waals surface area contributed by atoms with Crippen molar-refractivity contribution in [2.75, 3.05) is 0 Å². The largest absolute Gasteiger partial charge is 0.264 e. The monoisotopic (exact) mass is 362 g/mol. The number of hydrogen-bond acceptors (Lipinski definition) is 4.